The average molecular weight is 390 g/mol. The zero-order valence-corrected chi connectivity index (χ0v) is 16.5. The molecule has 154 valence electrons. The summed E-state index contributed by atoms with van der Waals surface area (Å²) >= 11 is 0. The number of alkyl halides is 1. The van der Waals surface area contributed by atoms with E-state index in [1.165, 1.54) is 4.90 Å². The van der Waals surface area contributed by atoms with Crippen LogP contribution in [0.25, 0.3) is 0 Å². The van der Waals surface area contributed by atoms with Crippen molar-refractivity contribution in [2.75, 3.05) is 26.2 Å². The van der Waals surface area contributed by atoms with Crippen molar-refractivity contribution in [1.82, 2.24) is 9.80 Å². The summed E-state index contributed by atoms with van der Waals surface area (Å²) in [5.41, 5.74) is 0. The minimum Gasteiger partial charge on any atom is -0.298 e. The monoisotopic (exact) mass is 390 g/mol. The molecule has 2 atom stereocenters. The second-order valence-corrected chi connectivity index (χ2v) is 9.08. The molecular weight excluding hydrogens is 359 g/mol. The number of halogens is 1. The largest absolute Gasteiger partial charge is 0.298 e. The van der Waals surface area contributed by atoms with Crippen molar-refractivity contribution >= 4 is 17.6 Å². The van der Waals surface area contributed by atoms with Gasteiger partial charge in [0.2, 0.25) is 11.8 Å². The lowest BCUT2D eigenvalue weighted by molar-refractivity contribution is -0.140. The quantitative estimate of drug-likeness (QED) is 0.535. The number of ketones is 1. The number of nitrogens with zero attached hydrogens (tertiary/aromatic N) is 2. The van der Waals surface area contributed by atoms with Crippen LogP contribution in [0.3, 0.4) is 0 Å². The number of fused-ring (bicyclic) bond motifs is 1. The van der Waals surface area contributed by atoms with Crippen LogP contribution in [0, 0.1) is 23.7 Å². The van der Waals surface area contributed by atoms with Gasteiger partial charge in [0.15, 0.2) is 0 Å². The van der Waals surface area contributed by atoms with Crippen molar-refractivity contribution in [3.8, 4) is 0 Å². The summed E-state index contributed by atoms with van der Waals surface area (Å²) in [6.45, 7) is 2.66. The number of rotatable bonds is 5. The first-order chi connectivity index (χ1) is 13.5. The molecule has 1 saturated carbocycles. The van der Waals surface area contributed by atoms with Crippen molar-refractivity contribution in [2.24, 2.45) is 23.7 Å². The summed E-state index contributed by atoms with van der Waals surface area (Å²) in [5, 5.41) is 0. The van der Waals surface area contributed by atoms with Crippen molar-refractivity contribution in [2.45, 2.75) is 57.5 Å². The molecular formula is C22H31FN2O3. The maximum atomic E-state index is 13.3. The normalized spacial score (nSPS) is 34.7. The van der Waals surface area contributed by atoms with Gasteiger partial charge in [-0.2, -0.15) is 0 Å². The molecule has 0 aromatic rings. The predicted octanol–water partition coefficient (Wildman–Crippen LogP) is 2.75. The number of hydrogen-bond acceptors (Lipinski definition) is 4. The Labute approximate surface area is 166 Å². The number of imide groups is 1. The highest BCUT2D eigenvalue weighted by Crippen LogP contribution is 2.36. The molecule has 28 heavy (non-hydrogen) atoms. The van der Waals surface area contributed by atoms with E-state index >= 15 is 0 Å². The van der Waals surface area contributed by atoms with Gasteiger partial charge >= 0.3 is 0 Å². The highest BCUT2D eigenvalue weighted by molar-refractivity contribution is 6.05. The van der Waals surface area contributed by atoms with Gasteiger partial charge in [-0.3, -0.25) is 24.2 Å². The number of allylic oxidation sites excluding steroid dienone is 2. The van der Waals surface area contributed by atoms with Crippen molar-refractivity contribution in [3.05, 3.63) is 12.2 Å². The molecule has 4 rings (SSSR count). The van der Waals surface area contributed by atoms with Gasteiger partial charge in [0.1, 0.15) is 12.0 Å². The minimum atomic E-state index is -0.726. The molecule has 0 aromatic heterocycles. The van der Waals surface area contributed by atoms with E-state index in [1.54, 1.807) is 0 Å². The lowest BCUT2D eigenvalue weighted by Crippen LogP contribution is -2.43. The number of amides is 2. The van der Waals surface area contributed by atoms with Crippen LogP contribution >= 0.6 is 0 Å². The Bertz CT molecular complexity index is 622. The molecule has 0 radical (unpaired) electrons. The summed E-state index contributed by atoms with van der Waals surface area (Å²) in [5.74, 6) is 0.354. The fourth-order valence-corrected chi connectivity index (χ4v) is 5.36. The highest BCUT2D eigenvalue weighted by Gasteiger charge is 2.47. The first-order valence-electron chi connectivity index (χ1n) is 10.9. The number of hydrogen-bond donors (Lipinski definition) is 0. The smallest absolute Gasteiger partial charge is 0.233 e. The zero-order chi connectivity index (χ0) is 19.7. The second kappa shape index (κ2) is 8.44. The molecule has 6 heteroatoms. The molecule has 0 aromatic carbocycles. The first kappa shape index (κ1) is 19.7. The molecule has 0 spiro atoms. The van der Waals surface area contributed by atoms with Gasteiger partial charge in [0.25, 0.3) is 0 Å². The Morgan fingerprint density at radius 1 is 0.929 bits per heavy atom. The first-order valence-corrected chi connectivity index (χ1v) is 10.9. The fraction of sp³-hybridized carbons (Fsp3) is 0.773. The molecule has 0 bridgehead atoms. The highest BCUT2D eigenvalue weighted by atomic mass is 19.1. The van der Waals surface area contributed by atoms with Crippen LogP contribution in [0.1, 0.15) is 51.4 Å². The third-order valence-electron chi connectivity index (χ3n) is 7.24. The van der Waals surface area contributed by atoms with E-state index in [-0.39, 0.29) is 35.4 Å². The third kappa shape index (κ3) is 4.07. The third-order valence-corrected chi connectivity index (χ3v) is 7.24. The van der Waals surface area contributed by atoms with Gasteiger partial charge in [-0.1, -0.05) is 12.2 Å². The van der Waals surface area contributed by atoms with Gasteiger partial charge in [-0.15, -0.1) is 0 Å². The average Bonchev–Trinajstić information content (AvgIpc) is 2.95. The van der Waals surface area contributed by atoms with Crippen LogP contribution < -0.4 is 0 Å². The minimum absolute atomic E-state index is 0.0143. The fourth-order valence-electron chi connectivity index (χ4n) is 5.36. The van der Waals surface area contributed by atoms with Gasteiger partial charge < -0.3 is 0 Å². The van der Waals surface area contributed by atoms with Gasteiger partial charge in [-0.25, -0.2) is 4.39 Å². The number of carbonyl (C=O) groups is 3. The van der Waals surface area contributed by atoms with Crippen molar-refractivity contribution in [1.29, 1.82) is 0 Å². The SMILES string of the molecule is O=C(CN1CCC(CN2C(=O)C3CC=CCC3C2=O)CC1)C1CCC(F)CC1. The Hall–Kier alpha value is -1.56. The van der Waals surface area contributed by atoms with E-state index in [0.717, 1.165) is 25.9 Å². The zero-order valence-electron chi connectivity index (χ0n) is 16.5. The summed E-state index contributed by atoms with van der Waals surface area (Å²) in [6.07, 6.45) is 8.94. The summed E-state index contributed by atoms with van der Waals surface area (Å²) in [4.78, 5) is 41.4. The summed E-state index contributed by atoms with van der Waals surface area (Å²) < 4.78 is 13.3. The van der Waals surface area contributed by atoms with Crippen LogP contribution in [0.4, 0.5) is 4.39 Å². The predicted molar refractivity (Wildman–Crippen MR) is 103 cm³/mol. The van der Waals surface area contributed by atoms with E-state index in [0.29, 0.717) is 57.5 Å². The van der Waals surface area contributed by atoms with E-state index in [9.17, 15) is 18.8 Å². The topological polar surface area (TPSA) is 57.7 Å². The van der Waals surface area contributed by atoms with Crippen LogP contribution in [-0.4, -0.2) is 59.7 Å². The van der Waals surface area contributed by atoms with E-state index < -0.39 is 6.17 Å². The summed E-state index contributed by atoms with van der Waals surface area (Å²) in [7, 11) is 0. The van der Waals surface area contributed by atoms with E-state index in [1.807, 2.05) is 12.2 Å². The maximum absolute atomic E-state index is 13.3. The summed E-state index contributed by atoms with van der Waals surface area (Å²) in [6, 6.07) is 0. The molecule has 5 nitrogen and oxygen atoms in total. The molecule has 2 aliphatic carbocycles. The maximum Gasteiger partial charge on any atom is 0.233 e. The van der Waals surface area contributed by atoms with Gasteiger partial charge in [-0.05, 0) is 70.4 Å². The Kier molecular flexibility index (Phi) is 5.95. The molecule has 2 unspecified atom stereocenters. The molecule has 2 amide bonds. The number of carbonyl (C=O) groups excluding carboxylic acids is 3. The molecule has 2 aliphatic heterocycles. The number of Topliss-reactive ketones (excluding diaryl/α,β-unsaturated/α-hetero) is 1. The molecule has 0 N–H and O–H groups in total. The lowest BCUT2D eigenvalue weighted by atomic mass is 9.85. The molecule has 3 fully saturated rings. The Morgan fingerprint density at radius 3 is 2.07 bits per heavy atom. The second-order valence-electron chi connectivity index (χ2n) is 9.08. The van der Waals surface area contributed by atoms with Gasteiger partial charge in [0.05, 0.1) is 18.4 Å². The standard InChI is InChI=1S/C22H31FN2O3/c23-17-7-5-16(6-8-17)20(26)14-24-11-9-15(10-12-24)13-25-21(27)18-3-1-2-4-19(18)22(25)28/h1-2,15-19H,3-14H2. The molecule has 2 saturated heterocycles. The number of likely N-dealkylation sites (tertiary alicyclic amines) is 2. The van der Waals surface area contributed by atoms with Gasteiger partial charge in [0, 0.05) is 12.5 Å². The molecule has 2 heterocycles. The van der Waals surface area contributed by atoms with Crippen LogP contribution in [0.15, 0.2) is 12.2 Å². The number of piperidine rings is 1. The van der Waals surface area contributed by atoms with Crippen molar-refractivity contribution in [3.63, 3.8) is 0 Å². The van der Waals surface area contributed by atoms with E-state index in [2.05, 4.69) is 4.90 Å². The van der Waals surface area contributed by atoms with Crippen LogP contribution in [0.5, 0.6) is 0 Å². The van der Waals surface area contributed by atoms with E-state index in [4.69, 9.17) is 0 Å². The lowest BCUT2D eigenvalue weighted by Gasteiger charge is -2.34. The molecule has 4 aliphatic rings. The van der Waals surface area contributed by atoms with Crippen LogP contribution in [0.2, 0.25) is 0 Å². The van der Waals surface area contributed by atoms with Crippen LogP contribution in [-0.2, 0) is 14.4 Å². The Balaban J connectivity index is 1.23. The Morgan fingerprint density at radius 2 is 1.50 bits per heavy atom. The van der Waals surface area contributed by atoms with Crippen molar-refractivity contribution < 1.29 is 18.8 Å².